The summed E-state index contributed by atoms with van der Waals surface area (Å²) in [5.41, 5.74) is 2.56. The van der Waals surface area contributed by atoms with Crippen LogP contribution in [0, 0.1) is 5.41 Å². The van der Waals surface area contributed by atoms with Gasteiger partial charge in [-0.2, -0.15) is 0 Å². The highest BCUT2D eigenvalue weighted by Gasteiger charge is 2.30. The molecule has 1 saturated heterocycles. The number of guanidine groups is 1. The number of likely N-dealkylation sites (tertiary alicyclic amines) is 1. The van der Waals surface area contributed by atoms with E-state index < -0.39 is 0 Å². The molecule has 0 radical (unpaired) electrons. The average Bonchev–Trinajstić information content (AvgIpc) is 3.10. The molecule has 1 aromatic heterocycles. The second-order valence-electron chi connectivity index (χ2n) is 7.11. The Hall–Kier alpha value is -1.31. The van der Waals surface area contributed by atoms with Crippen LogP contribution >= 0.6 is 24.0 Å². The van der Waals surface area contributed by atoms with E-state index in [1.54, 1.807) is 0 Å². The molecule has 0 amide bonds. The molecule has 6 heteroatoms. The van der Waals surface area contributed by atoms with Gasteiger partial charge in [-0.1, -0.05) is 26.0 Å². The first-order valence-corrected chi connectivity index (χ1v) is 8.47. The number of aryl methyl sites for hydroxylation is 1. The van der Waals surface area contributed by atoms with Crippen molar-refractivity contribution in [1.82, 2.24) is 20.2 Å². The molecule has 0 aliphatic carbocycles. The number of nitrogens with zero attached hydrogens (tertiary/aromatic N) is 3. The van der Waals surface area contributed by atoms with Crippen molar-refractivity contribution in [2.75, 3.05) is 26.7 Å². The molecule has 0 atom stereocenters. The molecule has 2 heterocycles. The molecule has 1 aliphatic rings. The number of rotatable bonds is 4. The summed E-state index contributed by atoms with van der Waals surface area (Å²) in [4.78, 5) is 14.8. The van der Waals surface area contributed by atoms with Crippen molar-refractivity contribution in [3.63, 3.8) is 0 Å². The third-order valence-electron chi connectivity index (χ3n) is 4.50. The van der Waals surface area contributed by atoms with Gasteiger partial charge in [0.25, 0.3) is 0 Å². The highest BCUT2D eigenvalue weighted by Crippen LogP contribution is 2.28. The molecule has 0 saturated carbocycles. The number of nitrogens with one attached hydrogen (secondary N) is 2. The van der Waals surface area contributed by atoms with E-state index in [2.05, 4.69) is 45.1 Å². The Morgan fingerprint density at radius 3 is 2.83 bits per heavy atom. The monoisotopic (exact) mass is 441 g/mol. The highest BCUT2D eigenvalue weighted by molar-refractivity contribution is 14.0. The SMILES string of the molecule is CN=C(NCCCc1nc2ccccc2[nH]1)N1CCC(C)(C)C1.I. The summed E-state index contributed by atoms with van der Waals surface area (Å²) >= 11 is 0. The van der Waals surface area contributed by atoms with E-state index in [-0.39, 0.29) is 24.0 Å². The molecule has 1 aromatic carbocycles. The molecular weight excluding hydrogens is 413 g/mol. The minimum absolute atomic E-state index is 0. The lowest BCUT2D eigenvalue weighted by molar-refractivity contribution is 0.370. The van der Waals surface area contributed by atoms with Gasteiger partial charge in [0.05, 0.1) is 11.0 Å². The Bertz CT molecular complexity index is 659. The molecular formula is C18H28IN5. The Kier molecular flexibility index (Phi) is 6.48. The summed E-state index contributed by atoms with van der Waals surface area (Å²) in [6.07, 6.45) is 3.22. The van der Waals surface area contributed by atoms with Crippen LogP contribution in [0.5, 0.6) is 0 Å². The van der Waals surface area contributed by atoms with Crippen molar-refractivity contribution in [3.8, 4) is 0 Å². The molecule has 24 heavy (non-hydrogen) atoms. The zero-order valence-electron chi connectivity index (χ0n) is 14.8. The first-order chi connectivity index (χ1) is 11.1. The number of hydrogen-bond acceptors (Lipinski definition) is 2. The minimum atomic E-state index is 0. The van der Waals surface area contributed by atoms with Crippen LogP contribution in [0.1, 0.15) is 32.5 Å². The third-order valence-corrected chi connectivity index (χ3v) is 4.50. The number of imidazole rings is 1. The topological polar surface area (TPSA) is 56.3 Å². The lowest BCUT2D eigenvalue weighted by Crippen LogP contribution is -2.41. The molecule has 2 aromatic rings. The van der Waals surface area contributed by atoms with Crippen molar-refractivity contribution >= 4 is 41.0 Å². The minimum Gasteiger partial charge on any atom is -0.356 e. The number of para-hydroxylation sites is 2. The van der Waals surface area contributed by atoms with Crippen LogP contribution in [0.4, 0.5) is 0 Å². The number of H-pyrrole nitrogens is 1. The summed E-state index contributed by atoms with van der Waals surface area (Å²) in [5, 5.41) is 3.49. The van der Waals surface area contributed by atoms with Crippen molar-refractivity contribution in [2.24, 2.45) is 10.4 Å². The van der Waals surface area contributed by atoms with Crippen LogP contribution in [-0.2, 0) is 6.42 Å². The Balaban J connectivity index is 0.00000208. The molecule has 0 spiro atoms. The lowest BCUT2D eigenvalue weighted by Gasteiger charge is -2.23. The largest absolute Gasteiger partial charge is 0.356 e. The van der Waals surface area contributed by atoms with E-state index in [9.17, 15) is 0 Å². The summed E-state index contributed by atoms with van der Waals surface area (Å²) < 4.78 is 0. The van der Waals surface area contributed by atoms with Gasteiger partial charge < -0.3 is 15.2 Å². The summed E-state index contributed by atoms with van der Waals surface area (Å²) in [7, 11) is 1.87. The predicted octanol–water partition coefficient (Wildman–Crippen LogP) is 3.42. The van der Waals surface area contributed by atoms with Crippen LogP contribution < -0.4 is 5.32 Å². The van der Waals surface area contributed by atoms with Crippen molar-refractivity contribution in [2.45, 2.75) is 33.1 Å². The summed E-state index contributed by atoms with van der Waals surface area (Å²) in [6.45, 7) is 7.73. The fourth-order valence-electron chi connectivity index (χ4n) is 3.21. The first kappa shape index (κ1) is 19.0. The lowest BCUT2D eigenvalue weighted by atomic mass is 9.93. The van der Waals surface area contributed by atoms with Crippen molar-refractivity contribution in [3.05, 3.63) is 30.1 Å². The average molecular weight is 441 g/mol. The van der Waals surface area contributed by atoms with Crippen molar-refractivity contribution in [1.29, 1.82) is 0 Å². The third kappa shape index (κ3) is 4.62. The molecule has 132 valence electrons. The number of fused-ring (bicyclic) bond motifs is 1. The van der Waals surface area contributed by atoms with E-state index in [0.717, 1.165) is 55.3 Å². The Morgan fingerprint density at radius 1 is 1.38 bits per heavy atom. The van der Waals surface area contributed by atoms with E-state index >= 15 is 0 Å². The summed E-state index contributed by atoms with van der Waals surface area (Å²) in [6, 6.07) is 8.18. The molecule has 3 rings (SSSR count). The molecule has 0 bridgehead atoms. The van der Waals surface area contributed by atoms with Crippen molar-refractivity contribution < 1.29 is 0 Å². The molecule has 2 N–H and O–H groups in total. The standard InChI is InChI=1S/C18H27N5.HI/c1-18(2)10-12-23(13-18)17(19-3)20-11-6-9-16-21-14-7-4-5-8-15(14)22-16;/h4-5,7-8H,6,9-13H2,1-3H3,(H,19,20)(H,21,22);1H. The highest BCUT2D eigenvalue weighted by atomic mass is 127. The van der Waals surface area contributed by atoms with Gasteiger partial charge in [-0.05, 0) is 30.4 Å². The number of halogens is 1. The molecule has 5 nitrogen and oxygen atoms in total. The van der Waals surface area contributed by atoms with Crippen LogP contribution in [-0.4, -0.2) is 47.5 Å². The van der Waals surface area contributed by atoms with Gasteiger partial charge in [-0.3, -0.25) is 4.99 Å². The number of aromatic nitrogens is 2. The van der Waals surface area contributed by atoms with Crippen LogP contribution in [0.3, 0.4) is 0 Å². The van der Waals surface area contributed by atoms with Gasteiger partial charge >= 0.3 is 0 Å². The second kappa shape index (κ2) is 8.18. The normalized spacial score (nSPS) is 17.1. The quantitative estimate of drug-likeness (QED) is 0.331. The number of aliphatic imine (C=N–C) groups is 1. The second-order valence-corrected chi connectivity index (χ2v) is 7.11. The maximum Gasteiger partial charge on any atom is 0.193 e. The number of benzene rings is 1. The van der Waals surface area contributed by atoms with E-state index in [1.165, 1.54) is 6.42 Å². The van der Waals surface area contributed by atoms with Crippen LogP contribution in [0.25, 0.3) is 11.0 Å². The predicted molar refractivity (Wildman–Crippen MR) is 111 cm³/mol. The molecule has 1 aliphatic heterocycles. The molecule has 1 fully saturated rings. The van der Waals surface area contributed by atoms with E-state index in [4.69, 9.17) is 0 Å². The molecule has 0 unspecified atom stereocenters. The number of aromatic amines is 1. The zero-order chi connectivity index (χ0) is 16.3. The zero-order valence-corrected chi connectivity index (χ0v) is 17.1. The summed E-state index contributed by atoms with van der Waals surface area (Å²) in [5.74, 6) is 2.09. The smallest absolute Gasteiger partial charge is 0.193 e. The van der Waals surface area contributed by atoms with Crippen LogP contribution in [0.2, 0.25) is 0 Å². The fraction of sp³-hybridized carbons (Fsp3) is 0.556. The van der Waals surface area contributed by atoms with Gasteiger partial charge in [0.15, 0.2) is 5.96 Å². The fourth-order valence-corrected chi connectivity index (χ4v) is 3.21. The van der Waals surface area contributed by atoms with E-state index in [1.807, 2.05) is 25.2 Å². The number of hydrogen-bond donors (Lipinski definition) is 2. The van der Waals surface area contributed by atoms with Gasteiger partial charge in [-0.15, -0.1) is 24.0 Å². The van der Waals surface area contributed by atoms with Gasteiger partial charge in [-0.25, -0.2) is 4.98 Å². The first-order valence-electron chi connectivity index (χ1n) is 8.47. The Morgan fingerprint density at radius 2 is 2.17 bits per heavy atom. The van der Waals surface area contributed by atoms with Crippen LogP contribution in [0.15, 0.2) is 29.3 Å². The van der Waals surface area contributed by atoms with E-state index in [0.29, 0.717) is 5.41 Å². The Labute approximate surface area is 161 Å². The van der Waals surface area contributed by atoms with Gasteiger partial charge in [0, 0.05) is 33.1 Å². The van der Waals surface area contributed by atoms with Gasteiger partial charge in [0.2, 0.25) is 0 Å². The maximum atomic E-state index is 4.62. The van der Waals surface area contributed by atoms with Gasteiger partial charge in [0.1, 0.15) is 5.82 Å². The maximum absolute atomic E-state index is 4.62.